The first-order valence-electron chi connectivity index (χ1n) is 11.3. The summed E-state index contributed by atoms with van der Waals surface area (Å²) in [5.74, 6) is -0.0142. The van der Waals surface area contributed by atoms with E-state index < -0.39 is 15.9 Å². The maximum absolute atomic E-state index is 12.7. The van der Waals surface area contributed by atoms with Gasteiger partial charge in [-0.2, -0.15) is 0 Å². The molecular weight excluding hydrogens is 498 g/mol. The van der Waals surface area contributed by atoms with Gasteiger partial charge in [0.25, 0.3) is 15.9 Å². The molecule has 3 aromatic carbocycles. The highest BCUT2D eigenvalue weighted by Crippen LogP contribution is 2.21. The molecule has 8 nitrogen and oxygen atoms in total. The molecule has 0 aliphatic rings. The largest absolute Gasteiger partial charge is 0.490 e. The number of ether oxygens (including phenoxy) is 2. The van der Waals surface area contributed by atoms with Crippen molar-refractivity contribution in [3.8, 4) is 5.75 Å². The highest BCUT2D eigenvalue weighted by molar-refractivity contribution is 7.92. The minimum absolute atomic E-state index is 0.0629. The second kappa shape index (κ2) is 12.5. The molecule has 0 aliphatic heterocycles. The molecule has 0 heterocycles. The van der Waals surface area contributed by atoms with E-state index in [0.717, 1.165) is 11.1 Å². The predicted molar refractivity (Wildman–Crippen MR) is 145 cm³/mol. The van der Waals surface area contributed by atoms with Gasteiger partial charge in [0.15, 0.2) is 5.11 Å². The summed E-state index contributed by atoms with van der Waals surface area (Å²) in [7, 11) is -3.76. The normalized spacial score (nSPS) is 11.0. The van der Waals surface area contributed by atoms with Gasteiger partial charge in [-0.05, 0) is 92.6 Å². The molecule has 36 heavy (non-hydrogen) atoms. The van der Waals surface area contributed by atoms with Gasteiger partial charge in [-0.1, -0.05) is 18.2 Å². The zero-order valence-corrected chi connectivity index (χ0v) is 22.0. The van der Waals surface area contributed by atoms with E-state index in [1.807, 2.05) is 26.8 Å². The number of hydrogen-bond donors (Lipinski definition) is 3. The monoisotopic (exact) mass is 527 g/mol. The van der Waals surface area contributed by atoms with E-state index in [-0.39, 0.29) is 10.0 Å². The Bertz CT molecular complexity index is 1330. The minimum Gasteiger partial charge on any atom is -0.490 e. The first kappa shape index (κ1) is 27.1. The SMILES string of the molecule is CCOCCOc1ccccc1C(=O)NC(=S)Nc1ccc(S(=O)(=O)Nc2ccc(C)c(C)c2)cc1. The number of thiocarbonyl (C=S) groups is 1. The van der Waals surface area contributed by atoms with Crippen molar-refractivity contribution in [3.63, 3.8) is 0 Å². The quantitative estimate of drug-likeness (QED) is 0.260. The zero-order valence-electron chi connectivity index (χ0n) is 20.3. The van der Waals surface area contributed by atoms with E-state index in [1.165, 1.54) is 12.1 Å². The maximum atomic E-state index is 12.7. The minimum atomic E-state index is -3.76. The van der Waals surface area contributed by atoms with Crippen molar-refractivity contribution in [3.05, 3.63) is 83.4 Å². The Hall–Kier alpha value is -3.47. The molecule has 3 N–H and O–H groups in total. The Labute approximate surface area is 217 Å². The molecule has 0 radical (unpaired) electrons. The van der Waals surface area contributed by atoms with Crippen molar-refractivity contribution in [2.75, 3.05) is 29.9 Å². The van der Waals surface area contributed by atoms with Crippen molar-refractivity contribution in [1.82, 2.24) is 5.32 Å². The fraction of sp³-hybridized carbons (Fsp3) is 0.231. The van der Waals surface area contributed by atoms with Gasteiger partial charge in [0.2, 0.25) is 0 Å². The molecule has 1 amide bonds. The number of hydrogen-bond acceptors (Lipinski definition) is 6. The van der Waals surface area contributed by atoms with Crippen molar-refractivity contribution < 1.29 is 22.7 Å². The average molecular weight is 528 g/mol. The summed E-state index contributed by atoms with van der Waals surface area (Å²) < 4.78 is 39.0. The van der Waals surface area contributed by atoms with Crippen LogP contribution in [0.1, 0.15) is 28.4 Å². The van der Waals surface area contributed by atoms with Crippen LogP contribution < -0.4 is 20.1 Å². The molecule has 0 fully saturated rings. The highest BCUT2D eigenvalue weighted by atomic mass is 32.2. The predicted octanol–water partition coefficient (Wildman–Crippen LogP) is 4.65. The lowest BCUT2D eigenvalue weighted by molar-refractivity contribution is 0.0958. The van der Waals surface area contributed by atoms with E-state index in [4.69, 9.17) is 21.7 Å². The summed E-state index contributed by atoms with van der Waals surface area (Å²) in [6, 6.07) is 18.2. The van der Waals surface area contributed by atoms with Gasteiger partial charge in [-0.15, -0.1) is 0 Å². The highest BCUT2D eigenvalue weighted by Gasteiger charge is 2.16. The second-order valence-corrected chi connectivity index (χ2v) is 9.97. The molecule has 10 heteroatoms. The van der Waals surface area contributed by atoms with Crippen molar-refractivity contribution >= 4 is 44.6 Å². The molecule has 0 saturated carbocycles. The number of benzene rings is 3. The first-order chi connectivity index (χ1) is 17.2. The van der Waals surface area contributed by atoms with Crippen LogP contribution in [0.2, 0.25) is 0 Å². The Morgan fingerprint density at radius 2 is 1.61 bits per heavy atom. The molecule has 0 bridgehead atoms. The Kier molecular flexibility index (Phi) is 9.40. The van der Waals surface area contributed by atoms with Crippen molar-refractivity contribution in [2.45, 2.75) is 25.7 Å². The lowest BCUT2D eigenvalue weighted by atomic mass is 10.1. The fourth-order valence-corrected chi connectivity index (χ4v) is 4.46. The van der Waals surface area contributed by atoms with Crippen LogP contribution in [0, 0.1) is 13.8 Å². The van der Waals surface area contributed by atoms with Crippen LogP contribution in [0.5, 0.6) is 5.75 Å². The Balaban J connectivity index is 1.60. The number of nitrogens with one attached hydrogen (secondary N) is 3. The first-order valence-corrected chi connectivity index (χ1v) is 13.2. The third kappa shape index (κ3) is 7.51. The third-order valence-electron chi connectivity index (χ3n) is 5.23. The van der Waals surface area contributed by atoms with Gasteiger partial charge in [0, 0.05) is 18.0 Å². The van der Waals surface area contributed by atoms with Gasteiger partial charge in [-0.3, -0.25) is 14.8 Å². The number of aryl methyl sites for hydroxylation is 2. The smallest absolute Gasteiger partial charge is 0.261 e. The molecule has 0 saturated heterocycles. The number of anilines is 2. The summed E-state index contributed by atoms with van der Waals surface area (Å²) in [5, 5.41) is 5.56. The molecular formula is C26H29N3O5S2. The topological polar surface area (TPSA) is 106 Å². The Morgan fingerprint density at radius 3 is 2.31 bits per heavy atom. The lowest BCUT2D eigenvalue weighted by Crippen LogP contribution is -2.34. The molecule has 0 aromatic heterocycles. The number of rotatable bonds is 10. The second-order valence-electron chi connectivity index (χ2n) is 7.88. The number of para-hydroxylation sites is 1. The van der Waals surface area contributed by atoms with Crippen LogP contribution in [-0.4, -0.2) is 39.3 Å². The van der Waals surface area contributed by atoms with Crippen LogP contribution in [0.4, 0.5) is 11.4 Å². The number of sulfonamides is 1. The van der Waals surface area contributed by atoms with Gasteiger partial charge >= 0.3 is 0 Å². The van der Waals surface area contributed by atoms with E-state index in [1.54, 1.807) is 48.5 Å². The van der Waals surface area contributed by atoms with Crippen molar-refractivity contribution in [2.24, 2.45) is 0 Å². The Morgan fingerprint density at radius 1 is 0.917 bits per heavy atom. The maximum Gasteiger partial charge on any atom is 0.261 e. The molecule has 3 rings (SSSR count). The van der Waals surface area contributed by atoms with Crippen LogP contribution in [0.15, 0.2) is 71.6 Å². The van der Waals surface area contributed by atoms with E-state index in [2.05, 4.69) is 15.4 Å². The van der Waals surface area contributed by atoms with Crippen LogP contribution >= 0.6 is 12.2 Å². The molecule has 3 aromatic rings. The number of amides is 1. The summed E-state index contributed by atoms with van der Waals surface area (Å²) >= 11 is 5.26. The lowest BCUT2D eigenvalue weighted by Gasteiger charge is -2.13. The molecule has 0 atom stereocenters. The third-order valence-corrected chi connectivity index (χ3v) is 6.83. The van der Waals surface area contributed by atoms with Crippen LogP contribution in [-0.2, 0) is 14.8 Å². The molecule has 0 spiro atoms. The number of carbonyl (C=O) groups excluding carboxylic acids is 1. The van der Waals surface area contributed by atoms with E-state index in [0.29, 0.717) is 42.5 Å². The summed E-state index contributed by atoms with van der Waals surface area (Å²) in [5.41, 5.74) is 3.41. The van der Waals surface area contributed by atoms with Gasteiger partial charge < -0.3 is 14.8 Å². The summed E-state index contributed by atoms with van der Waals surface area (Å²) in [4.78, 5) is 12.8. The summed E-state index contributed by atoms with van der Waals surface area (Å²) in [6.07, 6.45) is 0. The van der Waals surface area contributed by atoms with Crippen molar-refractivity contribution in [1.29, 1.82) is 0 Å². The van der Waals surface area contributed by atoms with E-state index >= 15 is 0 Å². The number of carbonyl (C=O) groups is 1. The van der Waals surface area contributed by atoms with Gasteiger partial charge in [0.05, 0.1) is 17.1 Å². The van der Waals surface area contributed by atoms with Crippen LogP contribution in [0.3, 0.4) is 0 Å². The molecule has 190 valence electrons. The van der Waals surface area contributed by atoms with Crippen LogP contribution in [0.25, 0.3) is 0 Å². The standard InChI is InChI=1S/C26H29N3O5S2/c1-4-33-15-16-34-24-8-6-5-7-23(24)25(30)28-26(35)27-20-11-13-22(14-12-20)36(31,32)29-21-10-9-18(2)19(3)17-21/h5-14,17,29H,4,15-16H2,1-3H3,(H2,27,28,30,35). The van der Waals surface area contributed by atoms with Gasteiger partial charge in [0.1, 0.15) is 12.4 Å². The van der Waals surface area contributed by atoms with E-state index in [9.17, 15) is 13.2 Å². The zero-order chi connectivity index (χ0) is 26.1. The van der Waals surface area contributed by atoms with Gasteiger partial charge in [-0.25, -0.2) is 8.42 Å². The fourth-order valence-electron chi connectivity index (χ4n) is 3.20. The molecule has 0 aliphatic carbocycles. The molecule has 0 unspecified atom stereocenters. The summed E-state index contributed by atoms with van der Waals surface area (Å²) in [6.45, 7) is 7.09. The average Bonchev–Trinajstić information content (AvgIpc) is 2.84.